The number of aliphatic imine (C=N–C) groups is 1. The predicted octanol–water partition coefficient (Wildman–Crippen LogP) is 2.80. The van der Waals surface area contributed by atoms with E-state index in [1.807, 2.05) is 13.0 Å². The van der Waals surface area contributed by atoms with Crippen LogP contribution < -0.4 is 15.4 Å². The first-order valence-corrected chi connectivity index (χ1v) is 10.8. The Morgan fingerprint density at radius 2 is 1.86 bits per heavy atom. The number of sulfone groups is 1. The van der Waals surface area contributed by atoms with Crippen molar-refractivity contribution in [3.05, 3.63) is 58.9 Å². The lowest BCUT2D eigenvalue weighted by molar-refractivity contribution is 0.386. The quantitative estimate of drug-likeness (QED) is 0.545. The zero-order valence-electron chi connectivity index (χ0n) is 16.5. The van der Waals surface area contributed by atoms with Crippen LogP contribution >= 0.6 is 0 Å². The maximum Gasteiger partial charge on any atom is 0.191 e. The minimum atomic E-state index is -3.24. The summed E-state index contributed by atoms with van der Waals surface area (Å²) in [6.45, 7) is 5.19. The molecule has 0 aliphatic rings. The summed E-state index contributed by atoms with van der Waals surface area (Å²) in [5.74, 6) is 0.381. The maximum absolute atomic E-state index is 13.8. The van der Waals surface area contributed by atoms with Crippen LogP contribution in [0.3, 0.4) is 0 Å². The number of guanidine groups is 1. The van der Waals surface area contributed by atoms with Gasteiger partial charge >= 0.3 is 0 Å². The molecule has 0 aliphatic carbocycles. The van der Waals surface area contributed by atoms with Gasteiger partial charge in [-0.25, -0.2) is 17.8 Å². The molecule has 0 aromatic heterocycles. The highest BCUT2D eigenvalue weighted by atomic mass is 32.2. The normalized spacial score (nSPS) is 12.0. The fourth-order valence-electron chi connectivity index (χ4n) is 2.74. The van der Waals surface area contributed by atoms with E-state index in [1.54, 1.807) is 31.2 Å². The lowest BCUT2D eigenvalue weighted by Crippen LogP contribution is -2.36. The third kappa shape index (κ3) is 5.95. The van der Waals surface area contributed by atoms with Crippen LogP contribution in [-0.4, -0.2) is 34.3 Å². The summed E-state index contributed by atoms with van der Waals surface area (Å²) >= 11 is 0. The van der Waals surface area contributed by atoms with E-state index in [9.17, 15) is 12.8 Å². The van der Waals surface area contributed by atoms with E-state index in [0.717, 1.165) is 11.1 Å². The number of halogens is 1. The highest BCUT2D eigenvalue weighted by Crippen LogP contribution is 2.18. The van der Waals surface area contributed by atoms with Gasteiger partial charge in [0.2, 0.25) is 0 Å². The van der Waals surface area contributed by atoms with E-state index in [2.05, 4.69) is 15.6 Å². The number of rotatable bonds is 7. The Kier molecular flexibility index (Phi) is 7.39. The van der Waals surface area contributed by atoms with E-state index < -0.39 is 15.7 Å². The zero-order valence-corrected chi connectivity index (χ0v) is 17.4. The van der Waals surface area contributed by atoms with E-state index in [0.29, 0.717) is 36.1 Å². The number of benzene rings is 2. The molecule has 152 valence electrons. The van der Waals surface area contributed by atoms with Crippen LogP contribution in [0.5, 0.6) is 5.75 Å². The fraction of sp³-hybridized carbons (Fsp3) is 0.350. The molecule has 0 spiro atoms. The summed E-state index contributed by atoms with van der Waals surface area (Å²) < 4.78 is 42.2. The predicted molar refractivity (Wildman–Crippen MR) is 109 cm³/mol. The fourth-order valence-corrected chi connectivity index (χ4v) is 3.70. The average Bonchev–Trinajstić information content (AvgIpc) is 2.63. The molecule has 0 aliphatic heterocycles. The first kappa shape index (κ1) is 21.7. The van der Waals surface area contributed by atoms with E-state index in [4.69, 9.17) is 4.74 Å². The van der Waals surface area contributed by atoms with Gasteiger partial charge in [-0.05, 0) is 48.7 Å². The van der Waals surface area contributed by atoms with Gasteiger partial charge in [0.25, 0.3) is 0 Å². The van der Waals surface area contributed by atoms with Crippen LogP contribution in [-0.2, 0) is 22.9 Å². The third-order valence-corrected chi connectivity index (χ3v) is 5.34. The second-order valence-electron chi connectivity index (χ2n) is 6.39. The van der Waals surface area contributed by atoms with Crippen molar-refractivity contribution in [3.63, 3.8) is 0 Å². The monoisotopic (exact) mass is 407 g/mol. The molecule has 0 unspecified atom stereocenters. The molecular weight excluding hydrogens is 381 g/mol. The van der Waals surface area contributed by atoms with Crippen LogP contribution in [0.2, 0.25) is 0 Å². The standard InChI is InChI=1S/C20H26FN3O3S/c1-5-22-20(24-13-16-6-8-18(27-3)17(21)11-16)23-12-15-7-9-19(14(2)10-15)28(4,25)26/h6-11H,5,12-13H2,1-4H3,(H2,22,23,24). The molecule has 2 N–H and O–H groups in total. The van der Waals surface area contributed by atoms with Gasteiger partial charge in [0.1, 0.15) is 0 Å². The van der Waals surface area contributed by atoms with Gasteiger partial charge in [-0.3, -0.25) is 0 Å². The Morgan fingerprint density at radius 1 is 1.14 bits per heavy atom. The van der Waals surface area contributed by atoms with Gasteiger partial charge in [0.05, 0.1) is 18.6 Å². The lowest BCUT2D eigenvalue weighted by Gasteiger charge is -2.12. The van der Waals surface area contributed by atoms with Crippen LogP contribution in [0, 0.1) is 12.7 Å². The largest absolute Gasteiger partial charge is 0.494 e. The molecule has 28 heavy (non-hydrogen) atoms. The molecule has 0 saturated heterocycles. The Labute approximate surface area is 165 Å². The van der Waals surface area contributed by atoms with Gasteiger partial charge in [0, 0.05) is 19.3 Å². The van der Waals surface area contributed by atoms with Gasteiger partial charge in [-0.15, -0.1) is 0 Å². The molecule has 2 rings (SSSR count). The van der Waals surface area contributed by atoms with Gasteiger partial charge < -0.3 is 15.4 Å². The average molecular weight is 408 g/mol. The minimum Gasteiger partial charge on any atom is -0.494 e. The Bertz CT molecular complexity index is 959. The molecule has 0 heterocycles. The number of hydrogen-bond donors (Lipinski definition) is 2. The van der Waals surface area contributed by atoms with Crippen molar-refractivity contribution in [1.82, 2.24) is 10.6 Å². The molecule has 0 amide bonds. The first-order valence-electron chi connectivity index (χ1n) is 8.88. The van der Waals surface area contributed by atoms with Crippen molar-refractivity contribution in [2.24, 2.45) is 4.99 Å². The Morgan fingerprint density at radius 3 is 2.43 bits per heavy atom. The van der Waals surface area contributed by atoms with Gasteiger partial charge in [-0.2, -0.15) is 0 Å². The second-order valence-corrected chi connectivity index (χ2v) is 8.37. The number of aryl methyl sites for hydroxylation is 1. The first-order chi connectivity index (χ1) is 13.2. The second kappa shape index (κ2) is 9.54. The van der Waals surface area contributed by atoms with Crippen LogP contribution in [0.15, 0.2) is 46.3 Å². The molecular formula is C20H26FN3O3S. The number of nitrogens with zero attached hydrogens (tertiary/aromatic N) is 1. The Hall–Kier alpha value is -2.61. The smallest absolute Gasteiger partial charge is 0.191 e. The number of hydrogen-bond acceptors (Lipinski definition) is 4. The molecule has 0 radical (unpaired) electrons. The summed E-state index contributed by atoms with van der Waals surface area (Å²) in [7, 11) is -1.81. The van der Waals surface area contributed by atoms with Crippen molar-refractivity contribution < 1.29 is 17.5 Å². The van der Waals surface area contributed by atoms with Crippen LogP contribution in [0.1, 0.15) is 23.6 Å². The van der Waals surface area contributed by atoms with Crippen molar-refractivity contribution in [2.45, 2.75) is 31.8 Å². The molecule has 0 atom stereocenters. The number of methoxy groups -OCH3 is 1. The lowest BCUT2D eigenvalue weighted by atomic mass is 10.1. The highest BCUT2D eigenvalue weighted by Gasteiger charge is 2.11. The number of ether oxygens (including phenoxy) is 1. The highest BCUT2D eigenvalue weighted by molar-refractivity contribution is 7.90. The molecule has 0 fully saturated rings. The zero-order chi connectivity index (χ0) is 20.7. The summed E-state index contributed by atoms with van der Waals surface area (Å²) in [5.41, 5.74) is 2.36. The van der Waals surface area contributed by atoms with Crippen LogP contribution in [0.4, 0.5) is 4.39 Å². The van der Waals surface area contributed by atoms with Crippen LogP contribution in [0.25, 0.3) is 0 Å². The summed E-state index contributed by atoms with van der Waals surface area (Å²) in [6, 6.07) is 9.98. The SMILES string of the molecule is CCNC(=NCc1ccc(S(C)(=O)=O)c(C)c1)NCc1ccc(OC)c(F)c1. The molecule has 2 aromatic rings. The molecule has 6 nitrogen and oxygen atoms in total. The third-order valence-electron chi connectivity index (χ3n) is 4.08. The van der Waals surface area contributed by atoms with Crippen molar-refractivity contribution in [2.75, 3.05) is 19.9 Å². The summed E-state index contributed by atoms with van der Waals surface area (Å²) in [6.07, 6.45) is 1.20. The molecule has 8 heteroatoms. The van der Waals surface area contributed by atoms with Crippen molar-refractivity contribution in [3.8, 4) is 5.75 Å². The molecule has 0 saturated carbocycles. The maximum atomic E-state index is 13.8. The number of nitrogens with one attached hydrogen (secondary N) is 2. The van der Waals surface area contributed by atoms with Crippen molar-refractivity contribution in [1.29, 1.82) is 0 Å². The molecule has 2 aromatic carbocycles. The Balaban J connectivity index is 2.08. The van der Waals surface area contributed by atoms with Gasteiger partial charge in [0.15, 0.2) is 27.4 Å². The summed E-state index contributed by atoms with van der Waals surface area (Å²) in [4.78, 5) is 4.84. The van der Waals surface area contributed by atoms with E-state index >= 15 is 0 Å². The van der Waals surface area contributed by atoms with Gasteiger partial charge in [-0.1, -0.05) is 18.2 Å². The minimum absolute atomic E-state index is 0.206. The molecule has 0 bridgehead atoms. The van der Waals surface area contributed by atoms with Crippen molar-refractivity contribution >= 4 is 15.8 Å². The van der Waals surface area contributed by atoms with E-state index in [-0.39, 0.29) is 5.75 Å². The summed E-state index contributed by atoms with van der Waals surface area (Å²) in [5, 5.41) is 6.29. The van der Waals surface area contributed by atoms with E-state index in [1.165, 1.54) is 19.4 Å². The topological polar surface area (TPSA) is 79.8 Å².